The van der Waals surface area contributed by atoms with Crippen LogP contribution in [0.3, 0.4) is 0 Å². The second-order valence-electron chi connectivity index (χ2n) is 26.7. The molecule has 5 aromatic heterocycles. The van der Waals surface area contributed by atoms with E-state index in [4.69, 9.17) is 13.5 Å². The van der Waals surface area contributed by atoms with Crippen LogP contribution in [0.15, 0.2) is 13.5 Å². The molecule has 5 rings (SSSR count). The van der Waals surface area contributed by atoms with Gasteiger partial charge < -0.3 is 13.5 Å². The minimum atomic E-state index is -0.0524. The molecule has 0 bridgehead atoms. The van der Waals surface area contributed by atoms with Gasteiger partial charge in [0, 0.05) is 58.2 Å². The lowest BCUT2D eigenvalue weighted by molar-refractivity contribution is 0.313. The van der Waals surface area contributed by atoms with E-state index in [0.717, 1.165) is 68.6 Å². The average Bonchev–Trinajstić information content (AvgIpc) is 3.92. The van der Waals surface area contributed by atoms with E-state index >= 15 is 0 Å². The van der Waals surface area contributed by atoms with Crippen LogP contribution in [0.25, 0.3) is 0 Å². The molecule has 5 heterocycles. The summed E-state index contributed by atoms with van der Waals surface area (Å²) in [5.41, 5.74) is 0.834. The number of hydrogen-bond donors (Lipinski definition) is 0. The van der Waals surface area contributed by atoms with Crippen molar-refractivity contribution < 1.29 is 13.5 Å². The molecule has 0 atom stereocenters. The SMILES string of the molecule is CC(C)(C)Cc1nnc(C(C)(C)C)o1.CC(C)(C)Cc1nnc(C(C)(C)C)s1.CC(C)(C)Cc1noc(C(C)(C)C)n1.CC(C)c1nnc(C(C)(C)C)s1.CC(C)c1noc(C(C)(C)C)n1. The van der Waals surface area contributed by atoms with Crippen LogP contribution < -0.4 is 0 Å². The van der Waals surface area contributed by atoms with E-state index in [0.29, 0.717) is 23.1 Å². The third-order valence-electron chi connectivity index (χ3n) is 8.55. The van der Waals surface area contributed by atoms with Gasteiger partial charge in [0.15, 0.2) is 11.6 Å². The van der Waals surface area contributed by atoms with E-state index in [1.807, 2.05) is 0 Å². The zero-order valence-corrected chi connectivity index (χ0v) is 48.4. The number of nitrogens with zero attached hydrogens (tertiary/aromatic N) is 10. The Hall–Kier alpha value is -3.46. The smallest absolute Gasteiger partial charge is 0.232 e. The quantitative estimate of drug-likeness (QED) is 0.163. The highest BCUT2D eigenvalue weighted by Gasteiger charge is 2.26. The Morgan fingerprint density at radius 3 is 1.17 bits per heavy atom. The van der Waals surface area contributed by atoms with Crippen molar-refractivity contribution in [3.05, 3.63) is 55.2 Å². The van der Waals surface area contributed by atoms with Crippen molar-refractivity contribution in [2.75, 3.05) is 0 Å². The van der Waals surface area contributed by atoms with Crippen molar-refractivity contribution in [1.82, 2.24) is 50.9 Å². The van der Waals surface area contributed by atoms with E-state index in [2.05, 4.69) is 245 Å². The molecule has 0 amide bonds. The van der Waals surface area contributed by atoms with Crippen LogP contribution >= 0.6 is 22.7 Å². The molecule has 376 valence electrons. The van der Waals surface area contributed by atoms with Crippen molar-refractivity contribution in [2.45, 2.75) is 252 Å². The first-order valence-corrected chi connectivity index (χ1v) is 25.2. The van der Waals surface area contributed by atoms with Crippen LogP contribution in [0.1, 0.15) is 261 Å². The van der Waals surface area contributed by atoms with Crippen molar-refractivity contribution in [2.24, 2.45) is 16.2 Å². The maximum absolute atomic E-state index is 5.60. The fraction of sp³-hybridized carbons (Fsp3) is 0.804. The predicted molar refractivity (Wildman–Crippen MR) is 274 cm³/mol. The Morgan fingerprint density at radius 1 is 0.409 bits per heavy atom. The highest BCUT2D eigenvalue weighted by atomic mass is 32.1. The monoisotopic (exact) mass is 957 g/mol. The van der Waals surface area contributed by atoms with Gasteiger partial charge in [-0.2, -0.15) is 9.97 Å². The molecule has 0 aliphatic heterocycles. The number of hydrogen-bond acceptors (Lipinski definition) is 15. The van der Waals surface area contributed by atoms with Gasteiger partial charge in [0.2, 0.25) is 23.6 Å². The first-order chi connectivity index (χ1) is 29.4. The molecular weight excluding hydrogens is 865 g/mol. The summed E-state index contributed by atoms with van der Waals surface area (Å²) in [5.74, 6) is 5.33. The zero-order valence-electron chi connectivity index (χ0n) is 46.8. The highest BCUT2D eigenvalue weighted by molar-refractivity contribution is 7.11. The molecule has 0 radical (unpaired) electrons. The summed E-state index contributed by atoms with van der Waals surface area (Å²) >= 11 is 3.47. The summed E-state index contributed by atoms with van der Waals surface area (Å²) in [5, 5.41) is 37.3. The van der Waals surface area contributed by atoms with E-state index < -0.39 is 0 Å². The summed E-state index contributed by atoms with van der Waals surface area (Å²) in [7, 11) is 0. The Bertz CT molecular complexity index is 1920. The van der Waals surface area contributed by atoms with Gasteiger partial charge in [-0.15, -0.1) is 53.3 Å². The molecule has 0 aromatic carbocycles. The first-order valence-electron chi connectivity index (χ1n) is 23.5. The van der Waals surface area contributed by atoms with Crippen LogP contribution in [0.5, 0.6) is 0 Å². The topological polar surface area (TPSA) is 168 Å². The predicted octanol–water partition coefficient (Wildman–Crippen LogP) is 14.8. The minimum Gasteiger partial charge on any atom is -0.425 e. The lowest BCUT2D eigenvalue weighted by Gasteiger charge is -2.15. The molecule has 0 saturated heterocycles. The average molecular weight is 957 g/mol. The summed E-state index contributed by atoms with van der Waals surface area (Å²) in [6.45, 7) is 59.7. The van der Waals surface area contributed by atoms with Gasteiger partial charge in [-0.1, -0.05) is 204 Å². The second kappa shape index (κ2) is 23.2. The Labute approximate surface area is 408 Å². The first kappa shape index (κ1) is 60.6. The van der Waals surface area contributed by atoms with E-state index in [1.165, 1.54) is 0 Å². The van der Waals surface area contributed by atoms with Crippen LogP contribution in [-0.2, 0) is 46.3 Å². The van der Waals surface area contributed by atoms with Gasteiger partial charge in [0.1, 0.15) is 20.0 Å². The minimum absolute atomic E-state index is 0.0415. The lowest BCUT2D eigenvalue weighted by Crippen LogP contribution is -2.13. The van der Waals surface area contributed by atoms with Crippen molar-refractivity contribution in [3.8, 4) is 0 Å². The van der Waals surface area contributed by atoms with Gasteiger partial charge in [-0.25, -0.2) is 0 Å². The maximum atomic E-state index is 5.60. The van der Waals surface area contributed by atoms with Crippen LogP contribution in [-0.4, -0.2) is 50.9 Å². The summed E-state index contributed by atoms with van der Waals surface area (Å²) in [4.78, 5) is 8.69. The van der Waals surface area contributed by atoms with Gasteiger partial charge in [0.05, 0.1) is 0 Å². The Morgan fingerprint density at radius 2 is 0.848 bits per heavy atom. The van der Waals surface area contributed by atoms with Crippen LogP contribution in [0, 0.1) is 16.2 Å². The fourth-order valence-electron chi connectivity index (χ4n) is 4.81. The van der Waals surface area contributed by atoms with Crippen molar-refractivity contribution in [3.63, 3.8) is 0 Å². The molecule has 0 spiro atoms. The van der Waals surface area contributed by atoms with E-state index in [1.54, 1.807) is 22.7 Å². The Kier molecular flexibility index (Phi) is 21.3. The lowest BCUT2D eigenvalue weighted by atomic mass is 9.92. The molecule has 66 heavy (non-hydrogen) atoms. The van der Waals surface area contributed by atoms with Gasteiger partial charge in [-0.05, 0) is 16.2 Å². The molecule has 0 aliphatic carbocycles. The molecule has 13 nitrogen and oxygen atoms in total. The molecule has 15 heteroatoms. The maximum Gasteiger partial charge on any atom is 0.232 e. The Balaban J connectivity index is 0.000000413. The summed E-state index contributed by atoms with van der Waals surface area (Å²) < 4.78 is 15.9. The molecule has 0 unspecified atom stereocenters. The van der Waals surface area contributed by atoms with Crippen molar-refractivity contribution in [1.29, 1.82) is 0 Å². The second-order valence-corrected chi connectivity index (χ2v) is 28.8. The van der Waals surface area contributed by atoms with Crippen LogP contribution in [0.2, 0.25) is 0 Å². The summed E-state index contributed by atoms with van der Waals surface area (Å²) in [6, 6.07) is 0. The van der Waals surface area contributed by atoms with Crippen molar-refractivity contribution >= 4 is 22.7 Å². The number of rotatable bonds is 5. The van der Waals surface area contributed by atoms with Gasteiger partial charge in [0.25, 0.3) is 0 Å². The molecule has 0 N–H and O–H groups in total. The third kappa shape index (κ3) is 24.0. The molecule has 0 fully saturated rings. The van der Waals surface area contributed by atoms with E-state index in [-0.39, 0.29) is 37.9 Å². The summed E-state index contributed by atoms with van der Waals surface area (Å²) in [6.07, 6.45) is 2.70. The normalized spacial score (nSPS) is 13.0. The molecular formula is C51H92N10O3S2. The fourth-order valence-corrected chi connectivity index (χ4v) is 6.91. The standard InChI is InChI=1S/2C11H20N2O.C11H20N2S.C9H16N2O.C9H16N2S/c1-10(2,3)7-8-12-13-9(14-8)11(4,5)6;1-10(2,3)7-8-12-9(14-13-8)11(4,5)6;1-10(2,3)7-8-12-13-9(14-8)11(4,5)6;1-6(2)7-10-8(12-11-7)9(3,4)5;1-6(2)7-10-11-8(12-7)9(3,4)5/h3*7H2,1-6H3;2*6H,1-5H3. The molecule has 5 aromatic rings. The van der Waals surface area contributed by atoms with Gasteiger partial charge in [-0.3, -0.25) is 0 Å². The van der Waals surface area contributed by atoms with Gasteiger partial charge >= 0.3 is 0 Å². The van der Waals surface area contributed by atoms with E-state index in [9.17, 15) is 0 Å². The van der Waals surface area contributed by atoms with Crippen LogP contribution in [0.4, 0.5) is 0 Å². The molecule has 0 saturated carbocycles. The number of aromatic nitrogens is 10. The third-order valence-corrected chi connectivity index (χ3v) is 11.6. The zero-order chi connectivity index (χ0) is 51.7. The molecule has 0 aliphatic rings. The highest BCUT2D eigenvalue weighted by Crippen LogP contribution is 2.31. The largest absolute Gasteiger partial charge is 0.425 e.